The van der Waals surface area contributed by atoms with Gasteiger partial charge in [-0.2, -0.15) is 0 Å². The predicted molar refractivity (Wildman–Crippen MR) is 69.8 cm³/mol. The number of carbonyl (C=O) groups is 1. The topological polar surface area (TPSA) is 74.7 Å². The van der Waals surface area contributed by atoms with Gasteiger partial charge in [0.25, 0.3) is 0 Å². The molecule has 5 nitrogen and oxygen atoms in total. The Balaban J connectivity index is 2.71. The summed E-state index contributed by atoms with van der Waals surface area (Å²) in [6.07, 6.45) is 4.06. The van der Waals surface area contributed by atoms with Crippen LogP contribution >= 0.6 is 0 Å². The normalized spacial score (nSPS) is 25.6. The second-order valence-electron chi connectivity index (χ2n) is 5.55. The van der Waals surface area contributed by atoms with Crippen LogP contribution in [0.4, 0.5) is 0 Å². The summed E-state index contributed by atoms with van der Waals surface area (Å²) in [5, 5.41) is 9.26. The first kappa shape index (κ1) is 15.4. The van der Waals surface area contributed by atoms with E-state index >= 15 is 0 Å². The fourth-order valence-corrected chi connectivity index (χ4v) is 3.46. The zero-order valence-electron chi connectivity index (χ0n) is 11.3. The number of aliphatic carboxylic acids is 1. The van der Waals surface area contributed by atoms with E-state index in [-0.39, 0.29) is 5.92 Å². The Bertz CT molecular complexity index is 406. The van der Waals surface area contributed by atoms with Gasteiger partial charge in [0.2, 0.25) is 10.0 Å². The lowest BCUT2D eigenvalue weighted by atomic mass is 9.77. The fourth-order valence-electron chi connectivity index (χ4n) is 2.51. The van der Waals surface area contributed by atoms with Crippen LogP contribution in [0, 0.1) is 11.3 Å². The third kappa shape index (κ3) is 3.68. The molecule has 0 spiro atoms. The number of piperidine rings is 1. The minimum atomic E-state index is -3.16. The van der Waals surface area contributed by atoms with Gasteiger partial charge in [-0.15, -0.1) is 0 Å². The van der Waals surface area contributed by atoms with Gasteiger partial charge in [0.1, 0.15) is 0 Å². The van der Waals surface area contributed by atoms with Gasteiger partial charge in [-0.05, 0) is 38.5 Å². The Morgan fingerprint density at radius 2 is 2.11 bits per heavy atom. The van der Waals surface area contributed by atoms with E-state index < -0.39 is 21.4 Å². The van der Waals surface area contributed by atoms with Crippen LogP contribution in [0.1, 0.15) is 39.5 Å². The molecule has 1 fully saturated rings. The average molecular weight is 277 g/mol. The van der Waals surface area contributed by atoms with Gasteiger partial charge in [-0.1, -0.05) is 6.92 Å². The maximum Gasteiger partial charge on any atom is 0.309 e. The number of rotatable bonds is 5. The lowest BCUT2D eigenvalue weighted by molar-refractivity contribution is -0.149. The molecule has 0 aromatic rings. The maximum atomic E-state index is 11.5. The number of hydrogen-bond acceptors (Lipinski definition) is 3. The van der Waals surface area contributed by atoms with E-state index in [1.54, 1.807) is 6.92 Å². The Kier molecular flexibility index (Phi) is 4.78. The third-order valence-corrected chi connectivity index (χ3v) is 5.26. The van der Waals surface area contributed by atoms with E-state index in [0.717, 1.165) is 12.8 Å². The van der Waals surface area contributed by atoms with Gasteiger partial charge in [-0.25, -0.2) is 12.7 Å². The molecule has 1 N–H and O–H groups in total. The molecule has 0 saturated carbocycles. The third-order valence-electron chi connectivity index (χ3n) is 3.99. The van der Waals surface area contributed by atoms with Gasteiger partial charge in [-0.3, -0.25) is 4.79 Å². The average Bonchev–Trinajstić information content (AvgIpc) is 2.28. The summed E-state index contributed by atoms with van der Waals surface area (Å²) in [5.41, 5.74) is -0.745. The molecular weight excluding hydrogens is 254 g/mol. The van der Waals surface area contributed by atoms with Crippen molar-refractivity contribution in [3.63, 3.8) is 0 Å². The van der Waals surface area contributed by atoms with Crippen molar-refractivity contribution in [3.8, 4) is 0 Å². The summed E-state index contributed by atoms with van der Waals surface area (Å²) in [6, 6.07) is 0. The molecule has 6 heteroatoms. The summed E-state index contributed by atoms with van der Waals surface area (Å²) in [4.78, 5) is 11.3. The highest BCUT2D eigenvalue weighted by Crippen LogP contribution is 2.34. The lowest BCUT2D eigenvalue weighted by Crippen LogP contribution is -2.41. The SMILES string of the molecule is CCC(C)(CC1CCCN(S(C)(=O)=O)C1)C(=O)O. The first-order valence-corrected chi connectivity index (χ1v) is 8.22. The van der Waals surface area contributed by atoms with E-state index in [2.05, 4.69) is 0 Å². The molecule has 18 heavy (non-hydrogen) atoms. The second kappa shape index (κ2) is 5.57. The van der Waals surface area contributed by atoms with Crippen molar-refractivity contribution in [2.75, 3.05) is 19.3 Å². The first-order chi connectivity index (χ1) is 8.19. The summed E-state index contributed by atoms with van der Waals surface area (Å²) in [7, 11) is -3.16. The molecule has 0 aromatic carbocycles. The standard InChI is InChI=1S/C12H23NO4S/c1-4-12(2,11(14)15)8-10-6-5-7-13(9-10)18(3,16)17/h10H,4-9H2,1-3H3,(H,14,15). The summed E-state index contributed by atoms with van der Waals surface area (Å²) < 4.78 is 24.5. The van der Waals surface area contributed by atoms with Gasteiger partial charge in [0.15, 0.2) is 0 Å². The van der Waals surface area contributed by atoms with Gasteiger partial charge in [0, 0.05) is 13.1 Å². The van der Waals surface area contributed by atoms with Crippen molar-refractivity contribution in [2.24, 2.45) is 11.3 Å². The van der Waals surface area contributed by atoms with Crippen LogP contribution in [-0.4, -0.2) is 43.1 Å². The predicted octanol–water partition coefficient (Wildman–Crippen LogP) is 1.55. The van der Waals surface area contributed by atoms with Gasteiger partial charge in [0.05, 0.1) is 11.7 Å². The summed E-state index contributed by atoms with van der Waals surface area (Å²) >= 11 is 0. The molecule has 1 aliphatic heterocycles. The number of sulfonamides is 1. The van der Waals surface area contributed by atoms with Crippen molar-refractivity contribution in [3.05, 3.63) is 0 Å². The van der Waals surface area contributed by atoms with Gasteiger partial charge >= 0.3 is 5.97 Å². The van der Waals surface area contributed by atoms with E-state index in [9.17, 15) is 18.3 Å². The Morgan fingerprint density at radius 1 is 1.50 bits per heavy atom. The zero-order chi connectivity index (χ0) is 14.0. The molecule has 1 rings (SSSR count). The summed E-state index contributed by atoms with van der Waals surface area (Å²) in [6.45, 7) is 4.63. The first-order valence-electron chi connectivity index (χ1n) is 6.37. The minimum absolute atomic E-state index is 0.148. The van der Waals surface area contributed by atoms with Crippen molar-refractivity contribution < 1.29 is 18.3 Å². The van der Waals surface area contributed by atoms with Crippen LogP contribution in [0.3, 0.4) is 0 Å². The molecular formula is C12H23NO4S. The molecule has 106 valence electrons. The minimum Gasteiger partial charge on any atom is -0.481 e. The Morgan fingerprint density at radius 3 is 2.56 bits per heavy atom. The number of carboxylic acids is 1. The number of carboxylic acid groups (broad SMARTS) is 1. The largest absolute Gasteiger partial charge is 0.481 e. The highest BCUT2D eigenvalue weighted by molar-refractivity contribution is 7.88. The van der Waals surface area contributed by atoms with Crippen molar-refractivity contribution in [1.29, 1.82) is 0 Å². The van der Waals surface area contributed by atoms with Crippen LogP contribution in [-0.2, 0) is 14.8 Å². The lowest BCUT2D eigenvalue weighted by Gasteiger charge is -2.35. The molecule has 1 heterocycles. The van der Waals surface area contributed by atoms with Crippen LogP contribution in [0.25, 0.3) is 0 Å². The highest BCUT2D eigenvalue weighted by Gasteiger charge is 2.36. The second-order valence-corrected chi connectivity index (χ2v) is 7.54. The van der Waals surface area contributed by atoms with Crippen molar-refractivity contribution in [1.82, 2.24) is 4.31 Å². The van der Waals surface area contributed by atoms with Crippen LogP contribution in [0.2, 0.25) is 0 Å². The van der Waals surface area contributed by atoms with Crippen LogP contribution in [0.15, 0.2) is 0 Å². The monoisotopic (exact) mass is 277 g/mol. The highest BCUT2D eigenvalue weighted by atomic mass is 32.2. The molecule has 0 radical (unpaired) electrons. The summed E-state index contributed by atoms with van der Waals surface area (Å²) in [5.74, 6) is -0.643. The van der Waals surface area contributed by atoms with E-state index in [1.165, 1.54) is 10.6 Å². The Hall–Kier alpha value is -0.620. The van der Waals surface area contributed by atoms with Crippen molar-refractivity contribution >= 4 is 16.0 Å². The molecule has 2 atom stereocenters. The van der Waals surface area contributed by atoms with Crippen LogP contribution in [0.5, 0.6) is 0 Å². The zero-order valence-corrected chi connectivity index (χ0v) is 12.2. The fraction of sp³-hybridized carbons (Fsp3) is 0.917. The smallest absolute Gasteiger partial charge is 0.309 e. The number of hydrogen-bond donors (Lipinski definition) is 1. The number of nitrogens with zero attached hydrogens (tertiary/aromatic N) is 1. The molecule has 1 saturated heterocycles. The van der Waals surface area contributed by atoms with Crippen molar-refractivity contribution in [2.45, 2.75) is 39.5 Å². The molecule has 0 aromatic heterocycles. The van der Waals surface area contributed by atoms with Gasteiger partial charge < -0.3 is 5.11 Å². The maximum absolute atomic E-state index is 11.5. The van der Waals surface area contributed by atoms with E-state index in [1.807, 2.05) is 6.92 Å². The van der Waals surface area contributed by atoms with E-state index in [4.69, 9.17) is 0 Å². The Labute approximate surface area is 109 Å². The molecule has 2 unspecified atom stereocenters. The van der Waals surface area contributed by atoms with Crippen LogP contribution < -0.4 is 0 Å². The molecule has 1 aliphatic rings. The molecule has 0 aliphatic carbocycles. The quantitative estimate of drug-likeness (QED) is 0.827. The molecule has 0 bridgehead atoms. The molecule has 0 amide bonds. The van der Waals surface area contributed by atoms with E-state index in [0.29, 0.717) is 25.9 Å².